The summed E-state index contributed by atoms with van der Waals surface area (Å²) in [6.45, 7) is 8.43. The Morgan fingerprint density at radius 2 is 1.29 bits per heavy atom. The van der Waals surface area contributed by atoms with Gasteiger partial charge in [0.2, 0.25) is 5.91 Å². The van der Waals surface area contributed by atoms with Crippen molar-refractivity contribution in [3.8, 4) is 0 Å². The lowest BCUT2D eigenvalue weighted by molar-refractivity contribution is 0.0995. The van der Waals surface area contributed by atoms with Crippen molar-refractivity contribution in [1.29, 1.82) is 0 Å². The molecule has 3 N–H and O–H groups in total. The molecular weight excluding hydrogens is 300 g/mol. The van der Waals surface area contributed by atoms with Gasteiger partial charge in [-0.05, 0) is 47.2 Å². The van der Waals surface area contributed by atoms with Gasteiger partial charge in [0.15, 0.2) is 0 Å². The van der Waals surface area contributed by atoms with Gasteiger partial charge in [-0.2, -0.15) is 0 Å². The number of hydrogen-bond donors (Lipinski definition) is 2. The molecule has 4 heteroatoms. The van der Waals surface area contributed by atoms with E-state index < -0.39 is 5.91 Å². The topological polar surface area (TPSA) is 72.2 Å². The van der Waals surface area contributed by atoms with Gasteiger partial charge in [-0.1, -0.05) is 45.9 Å². The summed E-state index contributed by atoms with van der Waals surface area (Å²) in [5, 5.41) is 3.05. The minimum Gasteiger partial charge on any atom is -0.366 e. The Kier molecular flexibility index (Phi) is 5.39. The number of primary amides is 1. The fourth-order valence-corrected chi connectivity index (χ4v) is 2.67. The first-order valence-electron chi connectivity index (χ1n) is 8.15. The first-order valence-corrected chi connectivity index (χ1v) is 8.15. The van der Waals surface area contributed by atoms with Crippen LogP contribution in [0.25, 0.3) is 0 Å². The van der Waals surface area contributed by atoms with Crippen LogP contribution in [-0.2, 0) is 0 Å². The van der Waals surface area contributed by atoms with Crippen molar-refractivity contribution in [3.63, 3.8) is 0 Å². The monoisotopic (exact) mass is 324 g/mol. The summed E-state index contributed by atoms with van der Waals surface area (Å²) in [5.74, 6) is -0.0947. The van der Waals surface area contributed by atoms with Crippen LogP contribution in [0.15, 0.2) is 42.5 Å². The van der Waals surface area contributed by atoms with E-state index in [0.29, 0.717) is 23.0 Å². The molecule has 0 bridgehead atoms. The fourth-order valence-electron chi connectivity index (χ4n) is 2.67. The zero-order chi connectivity index (χ0) is 17.9. The molecule has 24 heavy (non-hydrogen) atoms. The number of hydrogen-bond acceptors (Lipinski definition) is 2. The van der Waals surface area contributed by atoms with Crippen molar-refractivity contribution in [2.24, 2.45) is 5.73 Å². The van der Waals surface area contributed by atoms with Gasteiger partial charge in [0.25, 0.3) is 5.91 Å². The standard InChI is InChI=1S/C20H24N2O2/c1-12(2)16-6-5-7-17(13(3)4)18(16)22-20(24)15-10-8-14(9-11-15)19(21)23/h5-13H,1-4H3,(H2,21,23)(H,22,24). The molecule has 0 radical (unpaired) electrons. The lowest BCUT2D eigenvalue weighted by Gasteiger charge is -2.20. The second kappa shape index (κ2) is 7.30. The van der Waals surface area contributed by atoms with Gasteiger partial charge >= 0.3 is 0 Å². The average Bonchev–Trinajstić information content (AvgIpc) is 2.54. The number of amides is 2. The van der Waals surface area contributed by atoms with Gasteiger partial charge in [-0.3, -0.25) is 9.59 Å². The molecule has 0 aliphatic carbocycles. The number of rotatable bonds is 5. The molecule has 0 spiro atoms. The van der Waals surface area contributed by atoms with Crippen LogP contribution in [-0.4, -0.2) is 11.8 Å². The maximum absolute atomic E-state index is 12.6. The Morgan fingerprint density at radius 3 is 1.71 bits per heavy atom. The highest BCUT2D eigenvalue weighted by atomic mass is 16.2. The summed E-state index contributed by atoms with van der Waals surface area (Å²) in [5.41, 5.74) is 9.22. The predicted octanol–water partition coefficient (Wildman–Crippen LogP) is 4.28. The Morgan fingerprint density at radius 1 is 0.833 bits per heavy atom. The van der Waals surface area contributed by atoms with Gasteiger partial charge < -0.3 is 11.1 Å². The number of carbonyl (C=O) groups excluding carboxylic acids is 2. The van der Waals surface area contributed by atoms with E-state index in [0.717, 1.165) is 16.8 Å². The molecule has 0 atom stereocenters. The number of anilines is 1. The highest BCUT2D eigenvalue weighted by Crippen LogP contribution is 2.32. The molecule has 0 unspecified atom stereocenters. The first-order chi connectivity index (χ1) is 11.3. The third kappa shape index (κ3) is 3.82. The van der Waals surface area contributed by atoms with Crippen molar-refractivity contribution >= 4 is 17.5 Å². The Bertz CT molecular complexity index is 720. The van der Waals surface area contributed by atoms with Gasteiger partial charge in [0.1, 0.15) is 0 Å². The van der Waals surface area contributed by atoms with Crippen LogP contribution in [0.4, 0.5) is 5.69 Å². The van der Waals surface area contributed by atoms with Gasteiger partial charge in [-0.25, -0.2) is 0 Å². The largest absolute Gasteiger partial charge is 0.366 e. The zero-order valence-corrected chi connectivity index (χ0v) is 14.6. The molecule has 0 saturated heterocycles. The van der Waals surface area contributed by atoms with Crippen molar-refractivity contribution < 1.29 is 9.59 Å². The van der Waals surface area contributed by atoms with Crippen molar-refractivity contribution in [2.45, 2.75) is 39.5 Å². The molecular formula is C20H24N2O2. The van der Waals surface area contributed by atoms with E-state index in [2.05, 4.69) is 33.0 Å². The van der Waals surface area contributed by atoms with Crippen LogP contribution in [0.5, 0.6) is 0 Å². The highest BCUT2D eigenvalue weighted by Gasteiger charge is 2.16. The van der Waals surface area contributed by atoms with Crippen LogP contribution in [0.3, 0.4) is 0 Å². The highest BCUT2D eigenvalue weighted by molar-refractivity contribution is 6.05. The minimum atomic E-state index is -0.505. The summed E-state index contributed by atoms with van der Waals surface area (Å²) in [7, 11) is 0. The summed E-state index contributed by atoms with van der Waals surface area (Å²) in [4.78, 5) is 23.8. The van der Waals surface area contributed by atoms with Crippen LogP contribution in [0.1, 0.15) is 71.4 Å². The van der Waals surface area contributed by atoms with E-state index in [1.807, 2.05) is 18.2 Å². The van der Waals surface area contributed by atoms with Crippen LogP contribution >= 0.6 is 0 Å². The minimum absolute atomic E-state index is 0.193. The van der Waals surface area contributed by atoms with Crippen molar-refractivity contribution in [3.05, 3.63) is 64.7 Å². The van der Waals surface area contributed by atoms with Crippen LogP contribution < -0.4 is 11.1 Å². The Balaban J connectivity index is 2.35. The first kappa shape index (κ1) is 17.7. The average molecular weight is 324 g/mol. The summed E-state index contributed by atoms with van der Waals surface area (Å²) in [6, 6.07) is 12.5. The number of carbonyl (C=O) groups is 2. The molecule has 0 aliphatic heterocycles. The predicted molar refractivity (Wildman–Crippen MR) is 97.5 cm³/mol. The van der Waals surface area contributed by atoms with E-state index in [9.17, 15) is 9.59 Å². The van der Waals surface area contributed by atoms with E-state index in [4.69, 9.17) is 5.73 Å². The molecule has 126 valence electrons. The van der Waals surface area contributed by atoms with Crippen LogP contribution in [0.2, 0.25) is 0 Å². The van der Waals surface area contributed by atoms with E-state index in [1.165, 1.54) is 0 Å². The molecule has 2 aromatic rings. The smallest absolute Gasteiger partial charge is 0.255 e. The SMILES string of the molecule is CC(C)c1cccc(C(C)C)c1NC(=O)c1ccc(C(N)=O)cc1. The molecule has 0 saturated carbocycles. The van der Waals surface area contributed by atoms with E-state index in [-0.39, 0.29) is 5.91 Å². The quantitative estimate of drug-likeness (QED) is 0.861. The van der Waals surface area contributed by atoms with Crippen LogP contribution in [0, 0.1) is 0 Å². The molecule has 2 rings (SSSR count). The summed E-state index contributed by atoms with van der Waals surface area (Å²) < 4.78 is 0. The number of nitrogens with two attached hydrogens (primary N) is 1. The molecule has 2 aromatic carbocycles. The third-order valence-corrected chi connectivity index (χ3v) is 4.04. The maximum Gasteiger partial charge on any atom is 0.255 e. The van der Waals surface area contributed by atoms with E-state index in [1.54, 1.807) is 24.3 Å². The normalized spacial score (nSPS) is 10.9. The second-order valence-corrected chi connectivity index (χ2v) is 6.52. The number of nitrogens with one attached hydrogen (secondary N) is 1. The maximum atomic E-state index is 12.6. The van der Waals surface area contributed by atoms with Crippen molar-refractivity contribution in [2.75, 3.05) is 5.32 Å². The summed E-state index contributed by atoms with van der Waals surface area (Å²) in [6.07, 6.45) is 0. The van der Waals surface area contributed by atoms with Gasteiger partial charge in [0.05, 0.1) is 0 Å². The lowest BCUT2D eigenvalue weighted by Crippen LogP contribution is -2.16. The molecule has 0 fully saturated rings. The molecule has 0 heterocycles. The van der Waals surface area contributed by atoms with Crippen molar-refractivity contribution in [1.82, 2.24) is 0 Å². The third-order valence-electron chi connectivity index (χ3n) is 4.04. The summed E-state index contributed by atoms with van der Waals surface area (Å²) >= 11 is 0. The molecule has 0 aliphatic rings. The number of para-hydroxylation sites is 1. The molecule has 2 amide bonds. The molecule has 0 aromatic heterocycles. The lowest BCUT2D eigenvalue weighted by atomic mass is 9.92. The fraction of sp³-hybridized carbons (Fsp3) is 0.300. The van der Waals surface area contributed by atoms with E-state index >= 15 is 0 Å². The van der Waals surface area contributed by atoms with Gasteiger partial charge in [-0.15, -0.1) is 0 Å². The second-order valence-electron chi connectivity index (χ2n) is 6.52. The zero-order valence-electron chi connectivity index (χ0n) is 14.6. The Hall–Kier alpha value is -2.62. The Labute approximate surface area is 143 Å². The number of benzene rings is 2. The molecule has 4 nitrogen and oxygen atoms in total. The van der Waals surface area contributed by atoms with Gasteiger partial charge in [0, 0.05) is 16.8 Å².